The quantitative estimate of drug-likeness (QED) is 0.625. The van der Waals surface area contributed by atoms with Gasteiger partial charge in [-0.2, -0.15) is 0 Å². The Morgan fingerprint density at radius 1 is 1.12 bits per heavy atom. The molecule has 0 spiro atoms. The Kier molecular flexibility index (Phi) is 3.69. The van der Waals surface area contributed by atoms with Crippen molar-refractivity contribution in [1.29, 1.82) is 0 Å². The predicted molar refractivity (Wildman–Crippen MR) is 73.4 cm³/mol. The van der Waals surface area contributed by atoms with Crippen LogP contribution in [0.4, 0.5) is 5.69 Å². The molecule has 16 heavy (non-hydrogen) atoms. The molecule has 0 amide bonds. The molecule has 0 aromatic heterocycles. The molecule has 0 N–H and O–H groups in total. The Balaban J connectivity index is 3.20. The Hall–Kier alpha value is -1.37. The van der Waals surface area contributed by atoms with E-state index in [-0.39, 0.29) is 5.41 Å². The van der Waals surface area contributed by atoms with Crippen molar-refractivity contribution in [3.05, 3.63) is 36.4 Å². The molecule has 0 aliphatic rings. The maximum Gasteiger partial charge on any atom is 0.0703 e. The van der Waals surface area contributed by atoms with Gasteiger partial charge in [0.25, 0.3) is 0 Å². The van der Waals surface area contributed by atoms with Crippen LogP contribution in [0.2, 0.25) is 0 Å². The third-order valence-electron chi connectivity index (χ3n) is 2.74. The fourth-order valence-electron chi connectivity index (χ4n) is 1.28. The van der Waals surface area contributed by atoms with E-state index in [1.54, 1.807) is 0 Å². The minimum Gasteiger partial charge on any atom is -0.257 e. The SMILES string of the molecule is C=C(C)c1ccccc1N=C(C)C(C)(C)C. The molecule has 1 heteroatoms. The molecule has 0 saturated heterocycles. The summed E-state index contributed by atoms with van der Waals surface area (Å²) in [5, 5.41) is 0. The molecule has 1 nitrogen and oxygen atoms in total. The van der Waals surface area contributed by atoms with E-state index >= 15 is 0 Å². The minimum atomic E-state index is 0.113. The second-order valence-corrected chi connectivity index (χ2v) is 5.24. The summed E-state index contributed by atoms with van der Waals surface area (Å²) in [6, 6.07) is 8.15. The van der Waals surface area contributed by atoms with Gasteiger partial charge >= 0.3 is 0 Å². The number of hydrogen-bond donors (Lipinski definition) is 0. The van der Waals surface area contributed by atoms with Gasteiger partial charge < -0.3 is 0 Å². The van der Waals surface area contributed by atoms with E-state index in [0.29, 0.717) is 0 Å². The lowest BCUT2D eigenvalue weighted by atomic mass is 9.91. The number of para-hydroxylation sites is 1. The fourth-order valence-corrected chi connectivity index (χ4v) is 1.28. The lowest BCUT2D eigenvalue weighted by Crippen LogP contribution is -2.16. The molecule has 86 valence electrons. The van der Waals surface area contributed by atoms with Crippen molar-refractivity contribution in [3.63, 3.8) is 0 Å². The van der Waals surface area contributed by atoms with E-state index in [0.717, 1.165) is 22.5 Å². The standard InChI is InChI=1S/C15H21N/c1-11(2)13-9-7-8-10-14(13)16-12(3)15(4,5)6/h7-10H,1H2,2-6H3. The molecule has 0 saturated carbocycles. The molecular formula is C15H21N. The minimum absolute atomic E-state index is 0.113. The van der Waals surface area contributed by atoms with Gasteiger partial charge in [-0.25, -0.2) is 0 Å². The van der Waals surface area contributed by atoms with Gasteiger partial charge in [-0.05, 0) is 30.9 Å². The monoisotopic (exact) mass is 215 g/mol. The zero-order valence-electron chi connectivity index (χ0n) is 11.0. The van der Waals surface area contributed by atoms with Crippen molar-refractivity contribution in [1.82, 2.24) is 0 Å². The smallest absolute Gasteiger partial charge is 0.0703 e. The second-order valence-electron chi connectivity index (χ2n) is 5.24. The van der Waals surface area contributed by atoms with E-state index in [9.17, 15) is 0 Å². The third kappa shape index (κ3) is 3.06. The highest BCUT2D eigenvalue weighted by Crippen LogP contribution is 2.27. The average molecular weight is 215 g/mol. The molecule has 1 rings (SSSR count). The summed E-state index contributed by atoms with van der Waals surface area (Å²) in [5.41, 5.74) is 4.46. The number of hydrogen-bond acceptors (Lipinski definition) is 1. The van der Waals surface area contributed by atoms with E-state index in [2.05, 4.69) is 40.3 Å². The summed E-state index contributed by atoms with van der Waals surface area (Å²) >= 11 is 0. The van der Waals surface area contributed by atoms with Crippen LogP contribution in [-0.4, -0.2) is 5.71 Å². The molecular weight excluding hydrogens is 194 g/mol. The van der Waals surface area contributed by atoms with Crippen LogP contribution < -0.4 is 0 Å². The molecule has 0 fully saturated rings. The van der Waals surface area contributed by atoms with E-state index in [1.165, 1.54) is 0 Å². The molecule has 1 aromatic carbocycles. The molecule has 0 radical (unpaired) electrons. The maximum atomic E-state index is 4.71. The van der Waals surface area contributed by atoms with Crippen LogP contribution in [0.3, 0.4) is 0 Å². The van der Waals surface area contributed by atoms with Gasteiger partial charge in [0.2, 0.25) is 0 Å². The first-order valence-electron chi connectivity index (χ1n) is 5.63. The highest BCUT2D eigenvalue weighted by atomic mass is 14.8. The lowest BCUT2D eigenvalue weighted by molar-refractivity contribution is 0.588. The van der Waals surface area contributed by atoms with E-state index < -0.39 is 0 Å². The van der Waals surface area contributed by atoms with Crippen molar-refractivity contribution in [2.75, 3.05) is 0 Å². The van der Waals surface area contributed by atoms with Gasteiger partial charge in [0.1, 0.15) is 0 Å². The van der Waals surface area contributed by atoms with Gasteiger partial charge in [0.05, 0.1) is 5.69 Å². The summed E-state index contributed by atoms with van der Waals surface area (Å²) in [6.45, 7) is 14.6. The maximum absolute atomic E-state index is 4.71. The molecule has 0 heterocycles. The molecule has 0 aliphatic heterocycles. The van der Waals surface area contributed by atoms with Gasteiger partial charge in [0.15, 0.2) is 0 Å². The molecule has 0 aliphatic carbocycles. The van der Waals surface area contributed by atoms with Crippen molar-refractivity contribution in [2.45, 2.75) is 34.6 Å². The Bertz CT molecular complexity index is 419. The largest absolute Gasteiger partial charge is 0.257 e. The zero-order valence-corrected chi connectivity index (χ0v) is 11.0. The van der Waals surface area contributed by atoms with E-state index in [1.807, 2.05) is 25.1 Å². The first kappa shape index (κ1) is 12.7. The highest BCUT2D eigenvalue weighted by molar-refractivity contribution is 5.90. The highest BCUT2D eigenvalue weighted by Gasteiger charge is 2.14. The Morgan fingerprint density at radius 3 is 2.19 bits per heavy atom. The predicted octanol–water partition coefficient (Wildman–Crippen LogP) is 4.86. The van der Waals surface area contributed by atoms with Crippen molar-refractivity contribution in [2.24, 2.45) is 10.4 Å². The van der Waals surface area contributed by atoms with Crippen LogP contribution in [0.1, 0.15) is 40.2 Å². The van der Waals surface area contributed by atoms with Crippen LogP contribution in [0.15, 0.2) is 35.8 Å². The van der Waals surface area contributed by atoms with Gasteiger partial charge in [0, 0.05) is 11.3 Å². The van der Waals surface area contributed by atoms with Crippen LogP contribution in [0.5, 0.6) is 0 Å². The van der Waals surface area contributed by atoms with Crippen molar-refractivity contribution in [3.8, 4) is 0 Å². The van der Waals surface area contributed by atoms with Crippen LogP contribution in [0.25, 0.3) is 5.57 Å². The summed E-state index contributed by atoms with van der Waals surface area (Å²) in [4.78, 5) is 4.71. The Labute approximate surface area is 98.9 Å². The first-order chi connectivity index (χ1) is 7.32. The van der Waals surface area contributed by atoms with Gasteiger partial charge in [-0.15, -0.1) is 0 Å². The normalized spacial score (nSPS) is 12.7. The third-order valence-corrected chi connectivity index (χ3v) is 2.74. The fraction of sp³-hybridized carbons (Fsp3) is 0.400. The molecule has 0 bridgehead atoms. The van der Waals surface area contributed by atoms with Crippen molar-refractivity contribution >= 4 is 17.0 Å². The first-order valence-corrected chi connectivity index (χ1v) is 5.63. The second kappa shape index (κ2) is 4.65. The average Bonchev–Trinajstić information content (AvgIpc) is 2.16. The molecule has 1 aromatic rings. The molecule has 0 unspecified atom stereocenters. The van der Waals surface area contributed by atoms with Crippen molar-refractivity contribution < 1.29 is 0 Å². The van der Waals surface area contributed by atoms with Crippen LogP contribution in [-0.2, 0) is 0 Å². The van der Waals surface area contributed by atoms with Crippen LogP contribution >= 0.6 is 0 Å². The number of aliphatic imine (C=N–C) groups is 1. The number of nitrogens with zero attached hydrogens (tertiary/aromatic N) is 1. The molecule has 0 atom stereocenters. The summed E-state index contributed by atoms with van der Waals surface area (Å²) in [6.07, 6.45) is 0. The topological polar surface area (TPSA) is 12.4 Å². The summed E-state index contributed by atoms with van der Waals surface area (Å²) in [5.74, 6) is 0. The van der Waals surface area contributed by atoms with Gasteiger partial charge in [-0.1, -0.05) is 45.5 Å². The summed E-state index contributed by atoms with van der Waals surface area (Å²) in [7, 11) is 0. The Morgan fingerprint density at radius 2 is 1.69 bits per heavy atom. The number of rotatable bonds is 2. The summed E-state index contributed by atoms with van der Waals surface area (Å²) < 4.78 is 0. The van der Waals surface area contributed by atoms with Crippen LogP contribution in [0, 0.1) is 5.41 Å². The zero-order chi connectivity index (χ0) is 12.3. The number of allylic oxidation sites excluding steroid dienone is 1. The van der Waals surface area contributed by atoms with E-state index in [4.69, 9.17) is 4.99 Å². The number of benzene rings is 1. The lowest BCUT2D eigenvalue weighted by Gasteiger charge is -2.18. The van der Waals surface area contributed by atoms with Gasteiger partial charge in [-0.3, -0.25) is 4.99 Å².